The molecule has 2 bridgehead atoms. The molecule has 6 heteroatoms. The van der Waals surface area contributed by atoms with Crippen LogP contribution in [0.15, 0.2) is 23.8 Å². The molecule has 0 aromatic heterocycles. The normalized spacial score (nSPS) is 52.0. The number of hydrogen-bond acceptors (Lipinski definition) is 4. The van der Waals surface area contributed by atoms with E-state index < -0.39 is 46.1 Å². The molecule has 6 aliphatic rings. The van der Waals surface area contributed by atoms with Gasteiger partial charge in [-0.3, -0.25) is 14.4 Å². The second-order valence-electron chi connectivity index (χ2n) is 11.3. The molecule has 3 fully saturated rings. The van der Waals surface area contributed by atoms with Crippen molar-refractivity contribution in [2.75, 3.05) is 0 Å². The van der Waals surface area contributed by atoms with Crippen LogP contribution in [0.3, 0.4) is 0 Å². The van der Waals surface area contributed by atoms with Crippen molar-refractivity contribution in [2.45, 2.75) is 65.4 Å². The smallest absolute Gasteiger partial charge is 0.308 e. The Morgan fingerprint density at radius 3 is 2.29 bits per heavy atom. The van der Waals surface area contributed by atoms with Gasteiger partial charge in [0, 0.05) is 16.7 Å². The van der Waals surface area contributed by atoms with Gasteiger partial charge in [-0.05, 0) is 62.2 Å². The van der Waals surface area contributed by atoms with Crippen molar-refractivity contribution in [3.05, 3.63) is 23.8 Å². The molecule has 2 spiro atoms. The lowest BCUT2D eigenvalue weighted by Crippen LogP contribution is -2.70. The minimum Gasteiger partial charge on any atom is -0.481 e. The van der Waals surface area contributed by atoms with Gasteiger partial charge in [0.15, 0.2) is 0 Å². The van der Waals surface area contributed by atoms with Gasteiger partial charge in [-0.1, -0.05) is 37.6 Å². The standard InChI is InChI=1S/C25H32O6/c1-13(26)15-4-5-16-22(15,2)8-7-17-23(3)9-6-14(27)12-24(23)10-11-25(16,17)19(21(30)31)18(24)20(28)29/h7,10-11,14-16,18-19,27H,4-6,8-9,12H2,1-3H3,(H,28,29)(H,30,31)/t14-,15+,16+,18?,19?,22+,23+,24-,25-/m0/s1. The lowest BCUT2D eigenvalue weighted by Gasteiger charge is -2.72. The highest BCUT2D eigenvalue weighted by Crippen LogP contribution is 2.79. The lowest BCUT2D eigenvalue weighted by molar-refractivity contribution is -0.195. The zero-order valence-electron chi connectivity index (χ0n) is 18.4. The largest absolute Gasteiger partial charge is 0.481 e. The number of aliphatic carboxylic acids is 2. The van der Waals surface area contributed by atoms with Crippen molar-refractivity contribution < 1.29 is 29.7 Å². The van der Waals surface area contributed by atoms with Crippen LogP contribution in [0.1, 0.15) is 59.3 Å². The number of carbonyl (C=O) groups is 3. The maximum Gasteiger partial charge on any atom is 0.308 e. The predicted octanol–water partition coefficient (Wildman–Crippen LogP) is 3.45. The Kier molecular flexibility index (Phi) is 4.11. The molecular formula is C25H32O6. The van der Waals surface area contributed by atoms with E-state index in [0.29, 0.717) is 19.3 Å². The summed E-state index contributed by atoms with van der Waals surface area (Å²) in [6.07, 6.45) is 9.16. The first kappa shape index (κ1) is 20.9. The summed E-state index contributed by atoms with van der Waals surface area (Å²) >= 11 is 0. The molecule has 9 atom stereocenters. The number of carboxylic acids is 2. The second-order valence-corrected chi connectivity index (χ2v) is 11.3. The van der Waals surface area contributed by atoms with Crippen molar-refractivity contribution in [3.63, 3.8) is 0 Å². The van der Waals surface area contributed by atoms with Gasteiger partial charge >= 0.3 is 11.9 Å². The van der Waals surface area contributed by atoms with Crippen molar-refractivity contribution in [3.8, 4) is 0 Å². The molecule has 0 heterocycles. The SMILES string of the molecule is CC(=O)[C@H]1CC[C@@H]2[C@]1(C)CC=C1[C@]23C=C[C@]2(C[C@@H](O)CC[C@]12C)C(C(=O)O)C3C(=O)O. The lowest BCUT2D eigenvalue weighted by atomic mass is 9.30. The van der Waals surface area contributed by atoms with Crippen LogP contribution >= 0.6 is 0 Å². The van der Waals surface area contributed by atoms with E-state index in [1.54, 1.807) is 6.92 Å². The summed E-state index contributed by atoms with van der Waals surface area (Å²) in [7, 11) is 0. The van der Waals surface area contributed by atoms with E-state index >= 15 is 0 Å². The summed E-state index contributed by atoms with van der Waals surface area (Å²) in [6, 6.07) is 0. The molecule has 6 rings (SSSR count). The van der Waals surface area contributed by atoms with Gasteiger partial charge in [-0.25, -0.2) is 0 Å². The molecule has 0 saturated heterocycles. The summed E-state index contributed by atoms with van der Waals surface area (Å²) < 4.78 is 0. The highest BCUT2D eigenvalue weighted by atomic mass is 16.4. The number of rotatable bonds is 3. The van der Waals surface area contributed by atoms with E-state index in [1.807, 2.05) is 12.2 Å². The van der Waals surface area contributed by atoms with Crippen molar-refractivity contribution >= 4 is 17.7 Å². The molecule has 168 valence electrons. The van der Waals surface area contributed by atoms with Gasteiger partial charge in [-0.2, -0.15) is 0 Å². The van der Waals surface area contributed by atoms with Crippen LogP contribution in [0.4, 0.5) is 0 Å². The number of aliphatic hydroxyl groups excluding tert-OH is 1. The molecule has 3 saturated carbocycles. The van der Waals surface area contributed by atoms with Gasteiger partial charge in [0.25, 0.3) is 0 Å². The fourth-order valence-corrected chi connectivity index (χ4v) is 9.24. The van der Waals surface area contributed by atoms with Gasteiger partial charge < -0.3 is 15.3 Å². The topological polar surface area (TPSA) is 112 Å². The number of hydrogen-bond donors (Lipinski definition) is 3. The predicted molar refractivity (Wildman–Crippen MR) is 112 cm³/mol. The number of fused-ring (bicyclic) bond motifs is 2. The molecule has 6 aliphatic carbocycles. The maximum absolute atomic E-state index is 12.8. The highest BCUT2D eigenvalue weighted by Gasteiger charge is 2.77. The average molecular weight is 429 g/mol. The van der Waals surface area contributed by atoms with Gasteiger partial charge in [0.2, 0.25) is 0 Å². The number of Topliss-reactive ketones (excluding diaryl/α,β-unsaturated/α-hetero) is 1. The van der Waals surface area contributed by atoms with Crippen molar-refractivity contribution in [1.82, 2.24) is 0 Å². The van der Waals surface area contributed by atoms with Crippen LogP contribution in [0.2, 0.25) is 0 Å². The molecule has 6 nitrogen and oxygen atoms in total. The first-order valence-electron chi connectivity index (χ1n) is 11.5. The molecular weight excluding hydrogens is 396 g/mol. The van der Waals surface area contributed by atoms with Crippen LogP contribution in [0.5, 0.6) is 0 Å². The third-order valence-electron chi connectivity index (χ3n) is 10.4. The Labute approximate surface area is 182 Å². The monoisotopic (exact) mass is 428 g/mol. The molecule has 3 N–H and O–H groups in total. The molecule has 0 aromatic rings. The van der Waals surface area contributed by atoms with Crippen LogP contribution in [0.25, 0.3) is 0 Å². The number of carboxylic acid groups (broad SMARTS) is 2. The Balaban J connectivity index is 1.82. The van der Waals surface area contributed by atoms with Crippen LogP contribution in [-0.2, 0) is 14.4 Å². The van der Waals surface area contributed by atoms with E-state index in [-0.39, 0.29) is 29.5 Å². The quantitative estimate of drug-likeness (QED) is 0.594. The Morgan fingerprint density at radius 1 is 1.00 bits per heavy atom. The van der Waals surface area contributed by atoms with E-state index in [2.05, 4.69) is 19.9 Å². The first-order chi connectivity index (χ1) is 14.5. The third-order valence-corrected chi connectivity index (χ3v) is 10.4. The minimum absolute atomic E-state index is 0.0879. The van der Waals surface area contributed by atoms with E-state index in [9.17, 15) is 29.7 Å². The van der Waals surface area contributed by atoms with Crippen molar-refractivity contribution in [2.24, 2.45) is 45.3 Å². The highest BCUT2D eigenvalue weighted by molar-refractivity contribution is 5.86. The Morgan fingerprint density at radius 2 is 1.68 bits per heavy atom. The number of aliphatic hydroxyl groups is 1. The Bertz CT molecular complexity index is 950. The van der Waals surface area contributed by atoms with E-state index in [1.165, 1.54) is 0 Å². The number of carbonyl (C=O) groups excluding carboxylic acids is 1. The summed E-state index contributed by atoms with van der Waals surface area (Å²) in [4.78, 5) is 38.0. The summed E-state index contributed by atoms with van der Waals surface area (Å²) in [5.41, 5.74) is -1.64. The molecule has 0 aromatic carbocycles. The first-order valence-corrected chi connectivity index (χ1v) is 11.5. The number of ketones is 1. The van der Waals surface area contributed by atoms with Gasteiger partial charge in [-0.15, -0.1) is 0 Å². The summed E-state index contributed by atoms with van der Waals surface area (Å²) in [6.45, 7) is 5.82. The van der Waals surface area contributed by atoms with Gasteiger partial charge in [0.05, 0.1) is 17.9 Å². The van der Waals surface area contributed by atoms with Crippen LogP contribution < -0.4 is 0 Å². The zero-order valence-corrected chi connectivity index (χ0v) is 18.4. The summed E-state index contributed by atoms with van der Waals surface area (Å²) in [5, 5.41) is 31.4. The van der Waals surface area contributed by atoms with E-state index in [4.69, 9.17) is 0 Å². The fourth-order valence-electron chi connectivity index (χ4n) is 9.24. The Hall–Kier alpha value is -1.95. The van der Waals surface area contributed by atoms with Crippen LogP contribution in [-0.4, -0.2) is 39.1 Å². The van der Waals surface area contributed by atoms with Gasteiger partial charge in [0.1, 0.15) is 5.78 Å². The van der Waals surface area contributed by atoms with E-state index in [0.717, 1.165) is 18.4 Å². The van der Waals surface area contributed by atoms with Crippen molar-refractivity contribution in [1.29, 1.82) is 0 Å². The third kappa shape index (κ3) is 2.15. The average Bonchev–Trinajstić information content (AvgIpc) is 3.04. The zero-order chi connectivity index (χ0) is 22.6. The maximum atomic E-state index is 12.8. The number of allylic oxidation sites excluding steroid dienone is 4. The fraction of sp³-hybridized carbons (Fsp3) is 0.720. The molecule has 0 amide bonds. The molecule has 31 heavy (non-hydrogen) atoms. The second kappa shape index (κ2) is 6.09. The molecule has 2 unspecified atom stereocenters. The molecule has 0 aliphatic heterocycles. The van der Waals surface area contributed by atoms with Crippen LogP contribution in [0, 0.1) is 45.3 Å². The summed E-state index contributed by atoms with van der Waals surface area (Å²) in [5.74, 6) is -4.47. The molecule has 0 radical (unpaired) electrons. The minimum atomic E-state index is -1.11.